The number of carbonyl (C=O) groups excluding carboxylic acids is 1. The van der Waals surface area contributed by atoms with Crippen molar-refractivity contribution in [3.8, 4) is 5.75 Å². The SMILES string of the molecule is CCSc1ccccc1C(=O)Nc1cc(S(=O)(=O)N2CCCC2)ccc1O. The van der Waals surface area contributed by atoms with Gasteiger partial charge in [0.1, 0.15) is 5.75 Å². The number of anilines is 1. The molecule has 0 spiro atoms. The van der Waals surface area contributed by atoms with E-state index in [1.807, 2.05) is 19.1 Å². The first-order valence-corrected chi connectivity index (χ1v) is 11.2. The molecule has 1 aliphatic rings. The minimum absolute atomic E-state index is 0.0636. The van der Waals surface area contributed by atoms with Crippen LogP contribution in [0.4, 0.5) is 5.69 Å². The lowest BCUT2D eigenvalue weighted by Crippen LogP contribution is -2.28. The molecular formula is C19H22N2O4S2. The fourth-order valence-electron chi connectivity index (χ4n) is 2.98. The Hall–Kier alpha value is -2.03. The second-order valence-electron chi connectivity index (χ2n) is 6.17. The van der Waals surface area contributed by atoms with Gasteiger partial charge in [0, 0.05) is 18.0 Å². The number of phenolic OH excluding ortho intramolecular Hbond substituents is 1. The van der Waals surface area contributed by atoms with Gasteiger partial charge in [0.2, 0.25) is 10.0 Å². The normalized spacial score (nSPS) is 15.0. The third-order valence-corrected chi connectivity index (χ3v) is 7.20. The summed E-state index contributed by atoms with van der Waals surface area (Å²) in [5.41, 5.74) is 0.563. The number of sulfonamides is 1. The van der Waals surface area contributed by atoms with E-state index in [0.717, 1.165) is 23.5 Å². The highest BCUT2D eigenvalue weighted by molar-refractivity contribution is 7.99. The predicted octanol–water partition coefficient (Wildman–Crippen LogP) is 3.54. The number of amides is 1. The third kappa shape index (κ3) is 4.28. The lowest BCUT2D eigenvalue weighted by Gasteiger charge is -2.17. The number of nitrogens with one attached hydrogen (secondary N) is 1. The second kappa shape index (κ2) is 8.33. The van der Waals surface area contributed by atoms with Crippen molar-refractivity contribution in [2.75, 3.05) is 24.2 Å². The predicted molar refractivity (Wildman–Crippen MR) is 107 cm³/mol. The molecule has 144 valence electrons. The molecule has 0 unspecified atom stereocenters. The van der Waals surface area contributed by atoms with Crippen molar-refractivity contribution in [2.24, 2.45) is 0 Å². The molecule has 1 heterocycles. The van der Waals surface area contributed by atoms with Crippen molar-refractivity contribution < 1.29 is 18.3 Å². The van der Waals surface area contributed by atoms with Crippen LogP contribution >= 0.6 is 11.8 Å². The lowest BCUT2D eigenvalue weighted by atomic mass is 10.2. The van der Waals surface area contributed by atoms with Crippen LogP contribution in [0.3, 0.4) is 0 Å². The smallest absolute Gasteiger partial charge is 0.256 e. The Kier molecular flexibility index (Phi) is 6.08. The summed E-state index contributed by atoms with van der Waals surface area (Å²) >= 11 is 1.54. The minimum atomic E-state index is -3.63. The Morgan fingerprint density at radius 3 is 2.59 bits per heavy atom. The molecular weight excluding hydrogens is 384 g/mol. The first-order valence-electron chi connectivity index (χ1n) is 8.80. The van der Waals surface area contributed by atoms with E-state index in [-0.39, 0.29) is 16.3 Å². The van der Waals surface area contributed by atoms with Crippen LogP contribution in [0.2, 0.25) is 0 Å². The number of rotatable bonds is 6. The van der Waals surface area contributed by atoms with Crippen LogP contribution in [0, 0.1) is 0 Å². The standard InChI is InChI=1S/C19H22N2O4S2/c1-2-26-18-8-4-3-7-15(18)19(23)20-16-13-14(9-10-17(16)22)27(24,25)21-11-5-6-12-21/h3-4,7-10,13,22H,2,5-6,11-12H2,1H3,(H,20,23). The van der Waals surface area contributed by atoms with Crippen LogP contribution < -0.4 is 5.32 Å². The van der Waals surface area contributed by atoms with Crippen molar-refractivity contribution in [1.29, 1.82) is 0 Å². The summed E-state index contributed by atoms with van der Waals surface area (Å²) in [5.74, 6) is 0.251. The molecule has 0 atom stereocenters. The summed E-state index contributed by atoms with van der Waals surface area (Å²) in [6.07, 6.45) is 1.68. The van der Waals surface area contributed by atoms with Crippen LogP contribution in [0.15, 0.2) is 52.3 Å². The van der Waals surface area contributed by atoms with E-state index in [2.05, 4.69) is 5.32 Å². The number of carbonyl (C=O) groups is 1. The Balaban J connectivity index is 1.88. The van der Waals surface area contributed by atoms with Crippen molar-refractivity contribution in [3.05, 3.63) is 48.0 Å². The Morgan fingerprint density at radius 1 is 1.19 bits per heavy atom. The van der Waals surface area contributed by atoms with Crippen LogP contribution in [-0.2, 0) is 10.0 Å². The quantitative estimate of drug-likeness (QED) is 0.566. The summed E-state index contributed by atoms with van der Waals surface area (Å²) in [5, 5.41) is 12.7. The van der Waals surface area contributed by atoms with Gasteiger partial charge in [0.15, 0.2) is 0 Å². The van der Waals surface area contributed by atoms with Crippen molar-refractivity contribution in [3.63, 3.8) is 0 Å². The number of thioether (sulfide) groups is 1. The molecule has 6 nitrogen and oxygen atoms in total. The molecule has 0 aliphatic carbocycles. The van der Waals surface area contributed by atoms with Crippen molar-refractivity contribution in [2.45, 2.75) is 29.6 Å². The van der Waals surface area contributed by atoms with Crippen LogP contribution in [0.5, 0.6) is 5.75 Å². The average Bonchev–Trinajstić information content (AvgIpc) is 3.19. The zero-order valence-electron chi connectivity index (χ0n) is 15.0. The number of nitrogens with zero attached hydrogens (tertiary/aromatic N) is 1. The highest BCUT2D eigenvalue weighted by Crippen LogP contribution is 2.30. The molecule has 1 aliphatic heterocycles. The molecule has 1 fully saturated rings. The monoisotopic (exact) mass is 406 g/mol. The van der Waals surface area contributed by atoms with Crippen LogP contribution in [-0.4, -0.2) is 42.6 Å². The van der Waals surface area contributed by atoms with E-state index >= 15 is 0 Å². The first-order chi connectivity index (χ1) is 12.9. The molecule has 2 aromatic rings. The molecule has 0 radical (unpaired) electrons. The van der Waals surface area contributed by atoms with Gasteiger partial charge in [-0.3, -0.25) is 4.79 Å². The van der Waals surface area contributed by atoms with Gasteiger partial charge in [0.05, 0.1) is 16.1 Å². The van der Waals surface area contributed by atoms with Gasteiger partial charge in [-0.2, -0.15) is 4.31 Å². The van der Waals surface area contributed by atoms with E-state index in [1.165, 1.54) is 22.5 Å². The molecule has 1 saturated heterocycles. The number of phenols is 1. The highest BCUT2D eigenvalue weighted by atomic mass is 32.2. The summed E-state index contributed by atoms with van der Waals surface area (Å²) in [6.45, 7) is 2.98. The number of hydrogen-bond acceptors (Lipinski definition) is 5. The molecule has 0 bridgehead atoms. The zero-order valence-corrected chi connectivity index (χ0v) is 16.6. The maximum absolute atomic E-state index is 12.7. The Morgan fingerprint density at radius 2 is 1.89 bits per heavy atom. The zero-order chi connectivity index (χ0) is 19.4. The fourth-order valence-corrected chi connectivity index (χ4v) is 5.32. The molecule has 1 amide bonds. The molecule has 2 aromatic carbocycles. The van der Waals surface area contributed by atoms with Gasteiger partial charge < -0.3 is 10.4 Å². The molecule has 0 aromatic heterocycles. The summed E-state index contributed by atoms with van der Waals surface area (Å²) < 4.78 is 26.9. The number of hydrogen-bond donors (Lipinski definition) is 2. The van der Waals surface area contributed by atoms with E-state index in [4.69, 9.17) is 0 Å². The second-order valence-corrected chi connectivity index (χ2v) is 9.42. The number of aromatic hydroxyl groups is 1. The van der Waals surface area contributed by atoms with Gasteiger partial charge in [-0.1, -0.05) is 19.1 Å². The number of benzene rings is 2. The van der Waals surface area contributed by atoms with Crippen LogP contribution in [0.1, 0.15) is 30.1 Å². The van der Waals surface area contributed by atoms with Crippen molar-refractivity contribution in [1.82, 2.24) is 4.31 Å². The van der Waals surface area contributed by atoms with E-state index < -0.39 is 15.9 Å². The van der Waals surface area contributed by atoms with Crippen molar-refractivity contribution >= 4 is 33.4 Å². The first kappa shape index (κ1) is 19.7. The van der Waals surface area contributed by atoms with Gasteiger partial charge in [0.25, 0.3) is 5.91 Å². The average molecular weight is 407 g/mol. The van der Waals surface area contributed by atoms with E-state index in [9.17, 15) is 18.3 Å². The van der Waals surface area contributed by atoms with Gasteiger partial charge in [-0.25, -0.2) is 8.42 Å². The summed E-state index contributed by atoms with van der Waals surface area (Å²) in [6, 6.07) is 11.2. The Labute approximate surface area is 163 Å². The van der Waals surface area contributed by atoms with Crippen LogP contribution in [0.25, 0.3) is 0 Å². The molecule has 2 N–H and O–H groups in total. The maximum Gasteiger partial charge on any atom is 0.256 e. The van der Waals surface area contributed by atoms with Gasteiger partial charge in [-0.05, 0) is 48.9 Å². The Bertz CT molecular complexity index is 938. The topological polar surface area (TPSA) is 86.7 Å². The maximum atomic E-state index is 12.7. The van der Waals surface area contributed by atoms with Gasteiger partial charge in [-0.15, -0.1) is 11.8 Å². The fraction of sp³-hybridized carbons (Fsp3) is 0.316. The molecule has 3 rings (SSSR count). The van der Waals surface area contributed by atoms with E-state index in [1.54, 1.807) is 23.9 Å². The molecule has 8 heteroatoms. The minimum Gasteiger partial charge on any atom is -0.506 e. The molecule has 0 saturated carbocycles. The third-order valence-electron chi connectivity index (χ3n) is 4.35. The molecule has 27 heavy (non-hydrogen) atoms. The van der Waals surface area contributed by atoms with Gasteiger partial charge >= 0.3 is 0 Å². The largest absolute Gasteiger partial charge is 0.506 e. The summed E-state index contributed by atoms with van der Waals surface area (Å²) in [7, 11) is -3.63. The lowest BCUT2D eigenvalue weighted by molar-refractivity contribution is 0.102. The summed E-state index contributed by atoms with van der Waals surface area (Å²) in [4.78, 5) is 13.6. The highest BCUT2D eigenvalue weighted by Gasteiger charge is 2.28. The van der Waals surface area contributed by atoms with E-state index in [0.29, 0.717) is 18.7 Å².